The Balaban J connectivity index is 2.17. The highest BCUT2D eigenvalue weighted by molar-refractivity contribution is 4.78. The fourth-order valence-electron chi connectivity index (χ4n) is 2.35. The highest BCUT2D eigenvalue weighted by atomic mass is 16.3. The Morgan fingerprint density at radius 2 is 2.13 bits per heavy atom. The zero-order valence-electron chi connectivity index (χ0n) is 10.4. The quantitative estimate of drug-likeness (QED) is 0.744. The first-order valence-corrected chi connectivity index (χ1v) is 6.28. The van der Waals surface area contributed by atoms with Crippen LogP contribution in [-0.4, -0.2) is 59.8 Å². The molecule has 1 saturated heterocycles. The van der Waals surface area contributed by atoms with Gasteiger partial charge in [-0.3, -0.25) is 4.90 Å². The molecule has 0 saturated carbocycles. The summed E-state index contributed by atoms with van der Waals surface area (Å²) in [5, 5.41) is 9.19. The summed E-state index contributed by atoms with van der Waals surface area (Å²) in [5.41, 5.74) is 0. The monoisotopic (exact) mass is 214 g/mol. The molecule has 1 rings (SSSR count). The molecule has 1 N–H and O–H groups in total. The van der Waals surface area contributed by atoms with Crippen molar-refractivity contribution in [3.8, 4) is 0 Å². The molecule has 1 fully saturated rings. The van der Waals surface area contributed by atoms with Crippen molar-refractivity contribution in [1.82, 2.24) is 9.80 Å². The average molecular weight is 214 g/mol. The molecule has 1 aliphatic heterocycles. The van der Waals surface area contributed by atoms with Crippen molar-refractivity contribution in [2.45, 2.75) is 45.8 Å². The van der Waals surface area contributed by atoms with Crippen molar-refractivity contribution in [2.75, 3.05) is 32.7 Å². The van der Waals surface area contributed by atoms with Crippen LogP contribution in [0.3, 0.4) is 0 Å². The number of aliphatic hydroxyl groups is 1. The third-order valence-corrected chi connectivity index (χ3v) is 3.35. The molecular weight excluding hydrogens is 188 g/mol. The first-order chi connectivity index (χ1) is 7.13. The average Bonchev–Trinajstić information content (AvgIpc) is 2.17. The molecule has 2 unspecified atom stereocenters. The molecule has 0 spiro atoms. The van der Waals surface area contributed by atoms with E-state index in [1.807, 2.05) is 6.92 Å². The fraction of sp³-hybridized carbons (Fsp3) is 1.00. The van der Waals surface area contributed by atoms with Crippen LogP contribution in [0.25, 0.3) is 0 Å². The normalized spacial score (nSPS) is 26.8. The Hall–Kier alpha value is -0.120. The van der Waals surface area contributed by atoms with E-state index in [0.717, 1.165) is 19.4 Å². The molecule has 90 valence electrons. The topological polar surface area (TPSA) is 26.7 Å². The Kier molecular flexibility index (Phi) is 5.58. The summed E-state index contributed by atoms with van der Waals surface area (Å²) >= 11 is 0. The summed E-state index contributed by atoms with van der Waals surface area (Å²) in [7, 11) is 0. The van der Waals surface area contributed by atoms with Crippen molar-refractivity contribution < 1.29 is 5.11 Å². The lowest BCUT2D eigenvalue weighted by atomic mass is 10.1. The van der Waals surface area contributed by atoms with Gasteiger partial charge >= 0.3 is 0 Å². The minimum Gasteiger partial charge on any atom is -0.393 e. The minimum absolute atomic E-state index is 0.139. The number of aliphatic hydroxyl groups excluding tert-OH is 1. The molecule has 0 bridgehead atoms. The van der Waals surface area contributed by atoms with Crippen LogP contribution in [0.1, 0.15) is 33.6 Å². The van der Waals surface area contributed by atoms with Gasteiger partial charge in [0, 0.05) is 25.7 Å². The number of piperazine rings is 1. The summed E-state index contributed by atoms with van der Waals surface area (Å²) in [6, 6.07) is 0.690. The van der Waals surface area contributed by atoms with E-state index >= 15 is 0 Å². The summed E-state index contributed by atoms with van der Waals surface area (Å²) in [6.45, 7) is 12.3. The molecule has 0 aromatic carbocycles. The molecule has 0 aliphatic carbocycles. The Morgan fingerprint density at radius 3 is 2.67 bits per heavy atom. The minimum atomic E-state index is -0.139. The van der Waals surface area contributed by atoms with E-state index in [-0.39, 0.29) is 6.10 Å². The van der Waals surface area contributed by atoms with Crippen LogP contribution < -0.4 is 0 Å². The predicted octanol–water partition coefficient (Wildman–Crippen LogP) is 1.17. The van der Waals surface area contributed by atoms with Gasteiger partial charge in [-0.25, -0.2) is 0 Å². The molecule has 3 heteroatoms. The van der Waals surface area contributed by atoms with E-state index in [1.54, 1.807) is 0 Å². The Morgan fingerprint density at radius 1 is 1.40 bits per heavy atom. The van der Waals surface area contributed by atoms with E-state index in [1.165, 1.54) is 26.2 Å². The molecular formula is C12H26N2O. The molecule has 15 heavy (non-hydrogen) atoms. The lowest BCUT2D eigenvalue weighted by molar-refractivity contribution is 0.0831. The van der Waals surface area contributed by atoms with Crippen LogP contribution in [0.15, 0.2) is 0 Å². The van der Waals surface area contributed by atoms with Gasteiger partial charge in [-0.2, -0.15) is 0 Å². The molecule has 0 radical (unpaired) electrons. The van der Waals surface area contributed by atoms with E-state index in [0.29, 0.717) is 6.04 Å². The van der Waals surface area contributed by atoms with E-state index < -0.39 is 0 Å². The van der Waals surface area contributed by atoms with Gasteiger partial charge in [0.05, 0.1) is 6.10 Å². The number of rotatable bonds is 5. The maximum absolute atomic E-state index is 9.19. The smallest absolute Gasteiger partial charge is 0.0512 e. The third kappa shape index (κ3) is 4.49. The summed E-state index contributed by atoms with van der Waals surface area (Å²) in [4.78, 5) is 5.06. The lowest BCUT2D eigenvalue weighted by Gasteiger charge is -2.39. The molecule has 1 heterocycles. The van der Waals surface area contributed by atoms with E-state index in [2.05, 4.69) is 23.6 Å². The molecule has 0 amide bonds. The van der Waals surface area contributed by atoms with Crippen LogP contribution in [0.2, 0.25) is 0 Å². The number of hydrogen-bond donors (Lipinski definition) is 1. The fourth-order valence-corrected chi connectivity index (χ4v) is 2.35. The van der Waals surface area contributed by atoms with Crippen LogP contribution >= 0.6 is 0 Å². The standard InChI is InChI=1S/C12H26N2O/c1-4-14-9-8-13(10-11(14)2)7-5-6-12(3)15/h11-12,15H,4-10H2,1-3H3. The largest absolute Gasteiger partial charge is 0.393 e. The molecule has 0 aromatic heterocycles. The van der Waals surface area contributed by atoms with Gasteiger partial charge in [-0.1, -0.05) is 6.92 Å². The van der Waals surface area contributed by atoms with Crippen molar-refractivity contribution in [3.63, 3.8) is 0 Å². The van der Waals surface area contributed by atoms with Crippen LogP contribution in [0.4, 0.5) is 0 Å². The maximum atomic E-state index is 9.19. The van der Waals surface area contributed by atoms with Gasteiger partial charge in [-0.15, -0.1) is 0 Å². The SMILES string of the molecule is CCN1CCN(CCCC(C)O)CC1C. The highest BCUT2D eigenvalue weighted by Crippen LogP contribution is 2.10. The van der Waals surface area contributed by atoms with Gasteiger partial charge < -0.3 is 10.0 Å². The van der Waals surface area contributed by atoms with Crippen LogP contribution in [0, 0.1) is 0 Å². The van der Waals surface area contributed by atoms with Gasteiger partial charge in [0.15, 0.2) is 0 Å². The van der Waals surface area contributed by atoms with Gasteiger partial charge in [0.2, 0.25) is 0 Å². The molecule has 0 aromatic rings. The first kappa shape index (κ1) is 12.9. The van der Waals surface area contributed by atoms with Crippen molar-refractivity contribution in [2.24, 2.45) is 0 Å². The number of likely N-dealkylation sites (N-methyl/N-ethyl adjacent to an activating group) is 1. The molecule has 1 aliphatic rings. The second-order valence-corrected chi connectivity index (χ2v) is 4.77. The second kappa shape index (κ2) is 6.46. The summed E-state index contributed by atoms with van der Waals surface area (Å²) in [5.74, 6) is 0. The highest BCUT2D eigenvalue weighted by Gasteiger charge is 2.21. The molecule has 3 nitrogen and oxygen atoms in total. The summed E-state index contributed by atoms with van der Waals surface area (Å²) < 4.78 is 0. The van der Waals surface area contributed by atoms with Gasteiger partial charge in [0.25, 0.3) is 0 Å². The van der Waals surface area contributed by atoms with Gasteiger partial charge in [0.1, 0.15) is 0 Å². The van der Waals surface area contributed by atoms with Gasteiger partial charge in [-0.05, 0) is 39.8 Å². The molecule has 2 atom stereocenters. The third-order valence-electron chi connectivity index (χ3n) is 3.35. The predicted molar refractivity (Wildman–Crippen MR) is 64.1 cm³/mol. The zero-order valence-corrected chi connectivity index (χ0v) is 10.4. The number of hydrogen-bond acceptors (Lipinski definition) is 3. The zero-order chi connectivity index (χ0) is 11.3. The van der Waals surface area contributed by atoms with Crippen molar-refractivity contribution in [1.29, 1.82) is 0 Å². The van der Waals surface area contributed by atoms with E-state index in [9.17, 15) is 5.11 Å². The Labute approximate surface area is 94.1 Å². The maximum Gasteiger partial charge on any atom is 0.0512 e. The van der Waals surface area contributed by atoms with Crippen LogP contribution in [-0.2, 0) is 0 Å². The van der Waals surface area contributed by atoms with Crippen molar-refractivity contribution in [3.05, 3.63) is 0 Å². The Bertz CT molecular complexity index is 173. The van der Waals surface area contributed by atoms with E-state index in [4.69, 9.17) is 0 Å². The van der Waals surface area contributed by atoms with Crippen LogP contribution in [0.5, 0.6) is 0 Å². The lowest BCUT2D eigenvalue weighted by Crippen LogP contribution is -2.51. The second-order valence-electron chi connectivity index (χ2n) is 4.77. The number of nitrogens with zero attached hydrogens (tertiary/aromatic N) is 2. The summed E-state index contributed by atoms with van der Waals surface area (Å²) in [6.07, 6.45) is 1.91. The van der Waals surface area contributed by atoms with Crippen molar-refractivity contribution >= 4 is 0 Å². The first-order valence-electron chi connectivity index (χ1n) is 6.28.